The van der Waals surface area contributed by atoms with E-state index in [-0.39, 0.29) is 22.8 Å². The Kier molecular flexibility index (Phi) is 6.54. The van der Waals surface area contributed by atoms with E-state index in [2.05, 4.69) is 10.3 Å². The van der Waals surface area contributed by atoms with Gasteiger partial charge in [0, 0.05) is 30.9 Å². The van der Waals surface area contributed by atoms with Crippen molar-refractivity contribution in [3.63, 3.8) is 0 Å². The van der Waals surface area contributed by atoms with Crippen LogP contribution in [0.2, 0.25) is 4.34 Å². The SMILES string of the molecule is COC(=O)N1CCc2nc(NC(=O)C3CCCN(S(=O)(=O)c4ccc(Cl)s4)C3)sc2C1. The highest BCUT2D eigenvalue weighted by molar-refractivity contribution is 7.91. The topological polar surface area (TPSA) is 109 Å². The Balaban J connectivity index is 1.41. The Hall–Kier alpha value is -1.73. The quantitative estimate of drug-likeness (QED) is 0.685. The minimum atomic E-state index is -3.67. The number of halogens is 1. The number of nitrogens with zero attached hydrogens (tertiary/aromatic N) is 3. The van der Waals surface area contributed by atoms with E-state index >= 15 is 0 Å². The molecule has 4 rings (SSSR count). The Morgan fingerprint density at radius 1 is 1.29 bits per heavy atom. The zero-order chi connectivity index (χ0) is 22.2. The number of nitrogens with one attached hydrogen (secondary N) is 1. The third kappa shape index (κ3) is 4.72. The van der Waals surface area contributed by atoms with Crippen LogP contribution in [0, 0.1) is 5.92 Å². The van der Waals surface area contributed by atoms with E-state index in [0.717, 1.165) is 21.9 Å². The van der Waals surface area contributed by atoms with Gasteiger partial charge in [-0.1, -0.05) is 22.9 Å². The van der Waals surface area contributed by atoms with Crippen LogP contribution in [0.5, 0.6) is 0 Å². The number of methoxy groups -OCH3 is 1. The molecule has 2 aromatic rings. The van der Waals surface area contributed by atoms with Crippen LogP contribution in [0.25, 0.3) is 0 Å². The third-order valence-corrected chi connectivity index (χ3v) is 9.85. The summed E-state index contributed by atoms with van der Waals surface area (Å²) in [6.07, 6.45) is 1.40. The number of ether oxygens (including phenoxy) is 1. The Morgan fingerprint density at radius 3 is 2.81 bits per heavy atom. The van der Waals surface area contributed by atoms with Crippen LogP contribution in [0.4, 0.5) is 9.93 Å². The molecule has 2 aromatic heterocycles. The van der Waals surface area contributed by atoms with Gasteiger partial charge < -0.3 is 15.0 Å². The van der Waals surface area contributed by atoms with E-state index in [9.17, 15) is 18.0 Å². The molecular weight excluding hydrogens is 484 g/mol. The number of thiophene rings is 1. The molecule has 168 valence electrons. The second-order valence-electron chi connectivity index (χ2n) is 7.28. The fourth-order valence-corrected chi connectivity index (χ4v) is 7.87. The molecule has 2 amide bonds. The van der Waals surface area contributed by atoms with Crippen molar-refractivity contribution in [1.82, 2.24) is 14.2 Å². The third-order valence-electron chi connectivity index (χ3n) is 5.29. The number of thiazole rings is 1. The molecule has 2 aliphatic rings. The number of aromatic nitrogens is 1. The predicted octanol–water partition coefficient (Wildman–Crippen LogP) is 3.02. The molecule has 1 unspecified atom stereocenters. The predicted molar refractivity (Wildman–Crippen MR) is 118 cm³/mol. The molecule has 1 N–H and O–H groups in total. The zero-order valence-corrected chi connectivity index (χ0v) is 19.9. The first-order chi connectivity index (χ1) is 14.8. The second-order valence-corrected chi connectivity index (χ2v) is 12.2. The summed E-state index contributed by atoms with van der Waals surface area (Å²) in [6, 6.07) is 3.04. The number of amides is 2. The fourth-order valence-electron chi connectivity index (χ4n) is 3.68. The molecule has 1 fully saturated rings. The molecule has 4 heterocycles. The van der Waals surface area contributed by atoms with Gasteiger partial charge in [0.15, 0.2) is 5.13 Å². The highest BCUT2D eigenvalue weighted by atomic mass is 35.5. The van der Waals surface area contributed by atoms with Crippen molar-refractivity contribution in [3.05, 3.63) is 27.0 Å². The molecule has 1 atom stereocenters. The maximum atomic E-state index is 12.9. The van der Waals surface area contributed by atoms with Crippen molar-refractivity contribution >= 4 is 61.4 Å². The fraction of sp³-hybridized carbons (Fsp3) is 0.500. The van der Waals surface area contributed by atoms with E-state index in [1.165, 1.54) is 28.8 Å². The number of hydrogen-bond acceptors (Lipinski definition) is 8. The molecule has 9 nitrogen and oxygen atoms in total. The molecule has 31 heavy (non-hydrogen) atoms. The lowest BCUT2D eigenvalue weighted by Gasteiger charge is -2.30. The second kappa shape index (κ2) is 9.02. The highest BCUT2D eigenvalue weighted by Crippen LogP contribution is 2.32. The molecule has 0 aromatic carbocycles. The van der Waals surface area contributed by atoms with Gasteiger partial charge in [0.05, 0.1) is 29.6 Å². The van der Waals surface area contributed by atoms with Crippen LogP contribution in [-0.2, 0) is 32.5 Å². The van der Waals surface area contributed by atoms with Crippen LogP contribution in [0.1, 0.15) is 23.4 Å². The summed E-state index contributed by atoms with van der Waals surface area (Å²) >= 11 is 8.23. The molecule has 2 aliphatic heterocycles. The molecule has 0 radical (unpaired) electrons. The standard InChI is InChI=1S/C18H21ClN4O5S3/c1-28-18(25)22-8-6-12-13(10-22)29-17(20-12)21-16(24)11-3-2-7-23(9-11)31(26,27)15-5-4-14(19)30-15/h4-5,11H,2-3,6-10H2,1H3,(H,20,21,24). The van der Waals surface area contributed by atoms with Crippen molar-refractivity contribution in [2.24, 2.45) is 5.92 Å². The van der Waals surface area contributed by atoms with Crippen LogP contribution in [0.15, 0.2) is 16.3 Å². The first kappa shape index (κ1) is 22.5. The van der Waals surface area contributed by atoms with E-state index < -0.39 is 15.9 Å². The normalized spacial score (nSPS) is 19.7. The zero-order valence-electron chi connectivity index (χ0n) is 16.7. The molecule has 0 bridgehead atoms. The van der Waals surface area contributed by atoms with Crippen LogP contribution in [-0.4, -0.2) is 61.4 Å². The van der Waals surface area contributed by atoms with E-state index in [1.807, 2.05) is 0 Å². The van der Waals surface area contributed by atoms with Gasteiger partial charge in [-0.2, -0.15) is 4.31 Å². The summed E-state index contributed by atoms with van der Waals surface area (Å²) in [5, 5.41) is 3.30. The summed E-state index contributed by atoms with van der Waals surface area (Å²) in [5.74, 6) is -0.716. The summed E-state index contributed by atoms with van der Waals surface area (Å²) in [6.45, 7) is 1.40. The minimum Gasteiger partial charge on any atom is -0.453 e. The van der Waals surface area contributed by atoms with Gasteiger partial charge >= 0.3 is 6.09 Å². The molecule has 0 saturated carbocycles. The number of carbonyl (C=O) groups is 2. The Labute approximate surface area is 193 Å². The number of anilines is 1. The summed E-state index contributed by atoms with van der Waals surface area (Å²) in [5.41, 5.74) is 0.864. The maximum Gasteiger partial charge on any atom is 0.409 e. The van der Waals surface area contributed by atoms with Crippen molar-refractivity contribution in [3.8, 4) is 0 Å². The molecule has 0 aliphatic carbocycles. The van der Waals surface area contributed by atoms with Crippen molar-refractivity contribution in [1.29, 1.82) is 0 Å². The number of hydrogen-bond donors (Lipinski definition) is 1. The van der Waals surface area contributed by atoms with Crippen LogP contribution in [0.3, 0.4) is 0 Å². The van der Waals surface area contributed by atoms with Crippen molar-refractivity contribution in [2.75, 3.05) is 32.1 Å². The van der Waals surface area contributed by atoms with Crippen LogP contribution < -0.4 is 5.32 Å². The van der Waals surface area contributed by atoms with Crippen molar-refractivity contribution < 1.29 is 22.7 Å². The number of rotatable bonds is 4. The van der Waals surface area contributed by atoms with Gasteiger partial charge in [0.2, 0.25) is 5.91 Å². The lowest BCUT2D eigenvalue weighted by atomic mass is 9.99. The average Bonchev–Trinajstić information content (AvgIpc) is 3.38. The molecule has 13 heteroatoms. The maximum absolute atomic E-state index is 12.9. The van der Waals surface area contributed by atoms with Gasteiger partial charge in [-0.15, -0.1) is 11.3 Å². The van der Waals surface area contributed by atoms with E-state index in [0.29, 0.717) is 48.4 Å². The smallest absolute Gasteiger partial charge is 0.409 e. The van der Waals surface area contributed by atoms with Gasteiger partial charge in [0.25, 0.3) is 10.0 Å². The molecule has 1 saturated heterocycles. The Morgan fingerprint density at radius 2 is 2.10 bits per heavy atom. The molecule has 0 spiro atoms. The van der Waals surface area contributed by atoms with Crippen molar-refractivity contribution in [2.45, 2.75) is 30.0 Å². The first-order valence-corrected chi connectivity index (χ1v) is 13.1. The van der Waals surface area contributed by atoms with Gasteiger partial charge in [0.1, 0.15) is 4.21 Å². The van der Waals surface area contributed by atoms with Gasteiger partial charge in [-0.3, -0.25) is 4.79 Å². The number of sulfonamides is 1. The monoisotopic (exact) mass is 504 g/mol. The van der Waals surface area contributed by atoms with E-state index in [4.69, 9.17) is 16.3 Å². The van der Waals surface area contributed by atoms with Gasteiger partial charge in [-0.25, -0.2) is 18.2 Å². The summed E-state index contributed by atoms with van der Waals surface area (Å²) in [7, 11) is -2.33. The number of piperidine rings is 1. The minimum absolute atomic E-state index is 0.116. The summed E-state index contributed by atoms with van der Waals surface area (Å²) in [4.78, 5) is 31.6. The lowest BCUT2D eigenvalue weighted by Crippen LogP contribution is -2.43. The van der Waals surface area contributed by atoms with Gasteiger partial charge in [-0.05, 0) is 25.0 Å². The van der Waals surface area contributed by atoms with Crippen LogP contribution >= 0.6 is 34.3 Å². The Bertz CT molecular complexity index is 1100. The number of carbonyl (C=O) groups excluding carboxylic acids is 2. The van der Waals surface area contributed by atoms with E-state index in [1.54, 1.807) is 11.0 Å². The largest absolute Gasteiger partial charge is 0.453 e. The highest BCUT2D eigenvalue weighted by Gasteiger charge is 2.34. The molecular formula is C18H21ClN4O5S3. The average molecular weight is 505 g/mol. The summed E-state index contributed by atoms with van der Waals surface area (Å²) < 4.78 is 32.4. The lowest BCUT2D eigenvalue weighted by molar-refractivity contribution is -0.120. The first-order valence-electron chi connectivity index (χ1n) is 9.65. The number of fused-ring (bicyclic) bond motifs is 1.